The lowest BCUT2D eigenvalue weighted by Crippen LogP contribution is -2.50. The Morgan fingerprint density at radius 2 is 2.17 bits per heavy atom. The van der Waals surface area contributed by atoms with Crippen LogP contribution in [0.5, 0.6) is 11.5 Å². The maximum absolute atomic E-state index is 11.2. The summed E-state index contributed by atoms with van der Waals surface area (Å²) in [4.78, 5) is 11.2. The molecule has 1 aromatic carbocycles. The Balaban J connectivity index is 2.92. The van der Waals surface area contributed by atoms with E-state index in [0.717, 1.165) is 0 Å². The highest BCUT2D eigenvalue weighted by molar-refractivity contribution is 6.30. The predicted molar refractivity (Wildman–Crippen MR) is 69.8 cm³/mol. The monoisotopic (exact) mass is 272 g/mol. The topological polar surface area (TPSA) is 84.6 Å². The average Bonchev–Trinajstić information content (AvgIpc) is 2.29. The van der Waals surface area contributed by atoms with Crippen LogP contribution in [-0.2, 0) is 11.3 Å². The van der Waals surface area contributed by atoms with Gasteiger partial charge in [0.15, 0.2) is 11.5 Å². The number of primary amides is 1. The maximum atomic E-state index is 11.2. The van der Waals surface area contributed by atoms with E-state index in [2.05, 4.69) is 5.32 Å². The number of aromatic hydroxyl groups is 1. The number of carbonyl (C=O) groups excluding carboxylic acids is 1. The molecule has 0 aromatic heterocycles. The normalized spacial score (nSPS) is 11.3. The van der Waals surface area contributed by atoms with Gasteiger partial charge in [0.2, 0.25) is 5.91 Å². The molecule has 100 valence electrons. The van der Waals surface area contributed by atoms with Gasteiger partial charge < -0.3 is 15.6 Å². The predicted octanol–water partition coefficient (Wildman–Crippen LogP) is 1.41. The van der Waals surface area contributed by atoms with Gasteiger partial charge >= 0.3 is 0 Å². The van der Waals surface area contributed by atoms with Crippen molar-refractivity contribution >= 4 is 17.5 Å². The molecule has 0 fully saturated rings. The highest BCUT2D eigenvalue weighted by atomic mass is 35.5. The van der Waals surface area contributed by atoms with Crippen LogP contribution in [0.4, 0.5) is 0 Å². The number of benzene rings is 1. The molecule has 0 bridgehead atoms. The van der Waals surface area contributed by atoms with E-state index in [1.807, 2.05) is 0 Å². The number of rotatable bonds is 5. The first kappa shape index (κ1) is 14.6. The summed E-state index contributed by atoms with van der Waals surface area (Å²) < 4.78 is 4.99. The van der Waals surface area contributed by atoms with Gasteiger partial charge in [0, 0.05) is 23.2 Å². The van der Waals surface area contributed by atoms with Gasteiger partial charge in [-0.25, -0.2) is 0 Å². The fraction of sp³-hybridized carbons (Fsp3) is 0.417. The third-order valence-corrected chi connectivity index (χ3v) is 2.89. The zero-order valence-corrected chi connectivity index (χ0v) is 11.3. The Bertz CT molecular complexity index is 461. The van der Waals surface area contributed by atoms with Crippen molar-refractivity contribution in [2.45, 2.75) is 25.9 Å². The van der Waals surface area contributed by atoms with E-state index in [9.17, 15) is 9.90 Å². The summed E-state index contributed by atoms with van der Waals surface area (Å²) in [5, 5.41) is 13.3. The lowest BCUT2D eigenvalue weighted by atomic mass is 10.0. The SMILES string of the molecule is COc1cc(Cl)cc(CNC(C)(C)C(N)=O)c1O. The molecule has 0 aliphatic carbocycles. The number of nitrogens with one attached hydrogen (secondary N) is 1. The van der Waals surface area contributed by atoms with Crippen LogP contribution < -0.4 is 15.8 Å². The van der Waals surface area contributed by atoms with Crippen molar-refractivity contribution in [2.24, 2.45) is 5.73 Å². The van der Waals surface area contributed by atoms with E-state index >= 15 is 0 Å². The van der Waals surface area contributed by atoms with E-state index < -0.39 is 11.4 Å². The van der Waals surface area contributed by atoms with Gasteiger partial charge in [0.05, 0.1) is 12.6 Å². The van der Waals surface area contributed by atoms with Crippen LogP contribution in [0.1, 0.15) is 19.4 Å². The third kappa shape index (κ3) is 3.27. The molecule has 0 unspecified atom stereocenters. The lowest BCUT2D eigenvalue weighted by Gasteiger charge is -2.22. The Labute approximate surface area is 111 Å². The van der Waals surface area contributed by atoms with Crippen LogP contribution >= 0.6 is 11.6 Å². The van der Waals surface area contributed by atoms with Gasteiger partial charge in [0.1, 0.15) is 0 Å². The molecule has 0 aliphatic rings. The smallest absolute Gasteiger partial charge is 0.237 e. The van der Waals surface area contributed by atoms with E-state index in [0.29, 0.717) is 10.6 Å². The minimum absolute atomic E-state index is 0.00493. The number of carbonyl (C=O) groups is 1. The number of nitrogens with two attached hydrogens (primary N) is 1. The van der Waals surface area contributed by atoms with E-state index in [4.69, 9.17) is 22.1 Å². The Morgan fingerprint density at radius 3 is 2.67 bits per heavy atom. The average molecular weight is 273 g/mol. The van der Waals surface area contributed by atoms with E-state index in [-0.39, 0.29) is 18.0 Å². The quantitative estimate of drug-likeness (QED) is 0.757. The molecular weight excluding hydrogens is 256 g/mol. The summed E-state index contributed by atoms with van der Waals surface area (Å²) >= 11 is 5.90. The molecule has 0 saturated heterocycles. The van der Waals surface area contributed by atoms with Crippen LogP contribution in [0.2, 0.25) is 5.02 Å². The van der Waals surface area contributed by atoms with E-state index in [1.165, 1.54) is 13.2 Å². The number of methoxy groups -OCH3 is 1. The second kappa shape index (κ2) is 5.46. The minimum atomic E-state index is -0.873. The van der Waals surface area contributed by atoms with Crippen LogP contribution in [-0.4, -0.2) is 23.7 Å². The standard InChI is InChI=1S/C12H17ClN2O3/c1-12(2,11(14)17)15-6-7-4-8(13)5-9(18-3)10(7)16/h4-5,15-16H,6H2,1-3H3,(H2,14,17). The molecule has 5 nitrogen and oxygen atoms in total. The zero-order valence-electron chi connectivity index (χ0n) is 10.6. The summed E-state index contributed by atoms with van der Waals surface area (Å²) in [5.41, 5.74) is 4.91. The van der Waals surface area contributed by atoms with Gasteiger partial charge in [0.25, 0.3) is 0 Å². The number of phenolic OH excluding ortho intramolecular Hbond substituents is 1. The Morgan fingerprint density at radius 1 is 1.56 bits per heavy atom. The van der Waals surface area contributed by atoms with Crippen molar-refractivity contribution in [2.75, 3.05) is 7.11 Å². The Hall–Kier alpha value is -1.46. The molecule has 1 rings (SSSR count). The molecule has 0 atom stereocenters. The summed E-state index contributed by atoms with van der Waals surface area (Å²) in [6.07, 6.45) is 0. The highest BCUT2D eigenvalue weighted by Crippen LogP contribution is 2.33. The van der Waals surface area contributed by atoms with Gasteiger partial charge in [-0.2, -0.15) is 0 Å². The van der Waals surface area contributed by atoms with Crippen LogP contribution in [0.3, 0.4) is 0 Å². The van der Waals surface area contributed by atoms with Crippen molar-refractivity contribution in [3.8, 4) is 11.5 Å². The zero-order chi connectivity index (χ0) is 13.9. The first-order valence-electron chi connectivity index (χ1n) is 5.38. The third-order valence-electron chi connectivity index (χ3n) is 2.68. The molecule has 4 N–H and O–H groups in total. The van der Waals surface area contributed by atoms with Crippen molar-refractivity contribution in [3.05, 3.63) is 22.7 Å². The Kier molecular flexibility index (Phi) is 4.43. The number of hydrogen-bond donors (Lipinski definition) is 3. The molecule has 0 aliphatic heterocycles. The highest BCUT2D eigenvalue weighted by Gasteiger charge is 2.24. The van der Waals surface area contributed by atoms with Crippen LogP contribution in [0, 0.1) is 0 Å². The molecule has 1 amide bonds. The summed E-state index contributed by atoms with van der Waals surface area (Å²) in [6.45, 7) is 3.57. The first-order valence-corrected chi connectivity index (χ1v) is 5.76. The second-order valence-corrected chi connectivity index (χ2v) is 4.90. The lowest BCUT2D eigenvalue weighted by molar-refractivity contribution is -0.123. The molecule has 0 radical (unpaired) electrons. The maximum Gasteiger partial charge on any atom is 0.237 e. The van der Waals surface area contributed by atoms with Crippen LogP contribution in [0.25, 0.3) is 0 Å². The fourth-order valence-electron chi connectivity index (χ4n) is 1.32. The summed E-state index contributed by atoms with van der Waals surface area (Å²) in [6, 6.07) is 3.11. The van der Waals surface area contributed by atoms with Gasteiger partial charge in [-0.15, -0.1) is 0 Å². The number of ether oxygens (including phenoxy) is 1. The van der Waals surface area contributed by atoms with E-state index in [1.54, 1.807) is 19.9 Å². The molecule has 1 aromatic rings. The number of halogens is 1. The summed E-state index contributed by atoms with van der Waals surface area (Å²) in [5.74, 6) is -0.193. The molecule has 0 heterocycles. The molecule has 0 saturated carbocycles. The van der Waals surface area contributed by atoms with Gasteiger partial charge in [-0.05, 0) is 19.9 Å². The fourth-order valence-corrected chi connectivity index (χ4v) is 1.55. The largest absolute Gasteiger partial charge is 0.504 e. The van der Waals surface area contributed by atoms with Gasteiger partial charge in [-0.3, -0.25) is 10.1 Å². The number of amides is 1. The molecular formula is C12H17ClN2O3. The minimum Gasteiger partial charge on any atom is -0.504 e. The number of phenols is 1. The van der Waals surface area contributed by atoms with Crippen LogP contribution in [0.15, 0.2) is 12.1 Å². The summed E-state index contributed by atoms with van der Waals surface area (Å²) in [7, 11) is 1.44. The second-order valence-electron chi connectivity index (χ2n) is 4.46. The first-order chi connectivity index (χ1) is 8.27. The number of hydrogen-bond acceptors (Lipinski definition) is 4. The van der Waals surface area contributed by atoms with Crippen molar-refractivity contribution in [3.63, 3.8) is 0 Å². The van der Waals surface area contributed by atoms with Gasteiger partial charge in [-0.1, -0.05) is 11.6 Å². The van der Waals surface area contributed by atoms with Crippen molar-refractivity contribution in [1.82, 2.24) is 5.32 Å². The molecule has 6 heteroatoms. The molecule has 0 spiro atoms. The van der Waals surface area contributed by atoms with Crippen molar-refractivity contribution in [1.29, 1.82) is 0 Å². The molecule has 18 heavy (non-hydrogen) atoms. The van der Waals surface area contributed by atoms with Crippen molar-refractivity contribution < 1.29 is 14.6 Å².